The number of hydrogen-bond acceptors (Lipinski definition) is 9. The zero-order chi connectivity index (χ0) is 29.5. The molecule has 0 aliphatic carbocycles. The first kappa shape index (κ1) is 32.3. The molecular formula is C26H37BrN2O9Si. The fraction of sp³-hybridized carbons (Fsp3) is 0.538. The van der Waals surface area contributed by atoms with Crippen LogP contribution in [0.4, 0.5) is 9.59 Å². The summed E-state index contributed by atoms with van der Waals surface area (Å²) in [5.74, 6) is -1.58. The fourth-order valence-corrected chi connectivity index (χ4v) is 5.28. The predicted molar refractivity (Wildman–Crippen MR) is 148 cm³/mol. The second kappa shape index (κ2) is 13.4. The van der Waals surface area contributed by atoms with Crippen LogP contribution >= 0.6 is 15.9 Å². The van der Waals surface area contributed by atoms with Crippen LogP contribution in [-0.2, 0) is 39.6 Å². The first-order chi connectivity index (χ1) is 18.1. The van der Waals surface area contributed by atoms with Gasteiger partial charge in [0.15, 0.2) is 14.4 Å². The smallest absolute Gasteiger partial charge is 0.411 e. The zero-order valence-corrected chi connectivity index (χ0v) is 26.1. The number of carbonyl (C=O) groups is 4. The number of esters is 2. The molecule has 0 spiro atoms. The molecule has 1 aliphatic rings. The Labute approximate surface area is 238 Å². The van der Waals surface area contributed by atoms with Crippen LogP contribution in [-0.4, -0.2) is 76.4 Å². The highest BCUT2D eigenvalue weighted by Crippen LogP contribution is 2.42. The van der Waals surface area contributed by atoms with Crippen molar-refractivity contribution in [2.24, 2.45) is 0 Å². The summed E-state index contributed by atoms with van der Waals surface area (Å²) in [4.78, 5) is 51.2. The van der Waals surface area contributed by atoms with E-state index < -0.39 is 50.7 Å². The van der Waals surface area contributed by atoms with Crippen molar-refractivity contribution in [2.75, 3.05) is 20.8 Å². The summed E-state index contributed by atoms with van der Waals surface area (Å²) in [7, 11) is -0.267. The molecule has 39 heavy (non-hydrogen) atoms. The first-order valence-corrected chi connectivity index (χ1v) is 16.0. The summed E-state index contributed by atoms with van der Waals surface area (Å²) in [5, 5.41) is 2.06. The van der Waals surface area contributed by atoms with Gasteiger partial charge in [0.25, 0.3) is 0 Å². The van der Waals surface area contributed by atoms with Gasteiger partial charge in [0, 0.05) is 13.5 Å². The molecule has 1 aromatic rings. The van der Waals surface area contributed by atoms with Crippen molar-refractivity contribution in [3.8, 4) is 0 Å². The highest BCUT2D eigenvalue weighted by atomic mass is 79.9. The second-order valence-electron chi connectivity index (χ2n) is 10.5. The average molecular weight is 630 g/mol. The van der Waals surface area contributed by atoms with Crippen molar-refractivity contribution in [2.45, 2.75) is 70.7 Å². The van der Waals surface area contributed by atoms with Crippen molar-refractivity contribution in [1.82, 2.24) is 10.2 Å². The maximum absolute atomic E-state index is 12.9. The van der Waals surface area contributed by atoms with Crippen molar-refractivity contribution in [3.05, 3.63) is 46.1 Å². The molecule has 1 heterocycles. The monoisotopic (exact) mass is 628 g/mol. The van der Waals surface area contributed by atoms with E-state index in [0.717, 1.165) is 19.8 Å². The van der Waals surface area contributed by atoms with Crippen LogP contribution < -0.4 is 5.32 Å². The molecule has 0 saturated carbocycles. The Morgan fingerprint density at radius 2 is 1.72 bits per heavy atom. The Hall–Kier alpha value is -2.90. The van der Waals surface area contributed by atoms with Crippen LogP contribution in [0.25, 0.3) is 0 Å². The number of hydrogen-bond donors (Lipinski definition) is 1. The molecule has 1 aliphatic heterocycles. The molecule has 0 bridgehead atoms. The average Bonchev–Trinajstić information content (AvgIpc) is 3.67. The molecule has 1 aromatic carbocycles. The number of benzene rings is 1. The lowest BCUT2D eigenvalue weighted by Gasteiger charge is -2.41. The Kier molecular flexibility index (Phi) is 11.1. The highest BCUT2D eigenvalue weighted by molar-refractivity contribution is 9.11. The van der Waals surface area contributed by atoms with Crippen LogP contribution in [0.1, 0.15) is 33.3 Å². The van der Waals surface area contributed by atoms with Crippen molar-refractivity contribution in [3.63, 3.8) is 0 Å². The van der Waals surface area contributed by atoms with Gasteiger partial charge < -0.3 is 23.4 Å². The predicted octanol–water partition coefficient (Wildman–Crippen LogP) is 4.47. The highest BCUT2D eigenvalue weighted by Gasteiger charge is 2.54. The standard InChI is InChI=1S/C26H37BrN2O9Si/c1-16(30)37-22(19(27)20(23(31)34-5)28-24(32)35-6)21(38-39(7,8)26(2,3)4)18-14-29(18)25(33)36-15-17-12-10-9-11-13-17/h9-13,18,21-22H,14-15H2,1-8H3,(H,28,32)/b20-19+/t18-,21+,22+,29?/m0/s1. The normalized spacial score (nSPS) is 17.3. The molecule has 1 fully saturated rings. The van der Waals surface area contributed by atoms with E-state index in [1.54, 1.807) is 0 Å². The number of rotatable bonds is 10. The quantitative estimate of drug-likeness (QED) is 0.131. The van der Waals surface area contributed by atoms with Gasteiger partial charge in [-0.1, -0.05) is 51.1 Å². The molecule has 216 valence electrons. The third-order valence-electron chi connectivity index (χ3n) is 6.59. The fourth-order valence-electron chi connectivity index (χ4n) is 3.35. The number of nitrogens with one attached hydrogen (secondary N) is 1. The molecule has 3 atom stereocenters. The molecule has 0 unspecified atom stereocenters. The third kappa shape index (κ3) is 8.80. The number of amides is 2. The second-order valence-corrected chi connectivity index (χ2v) is 16.1. The molecule has 2 amide bonds. The van der Waals surface area contributed by atoms with Crippen molar-refractivity contribution in [1.29, 1.82) is 0 Å². The summed E-state index contributed by atoms with van der Waals surface area (Å²) in [5.41, 5.74) is 0.497. The Morgan fingerprint density at radius 1 is 1.10 bits per heavy atom. The van der Waals surface area contributed by atoms with Gasteiger partial charge in [0.1, 0.15) is 18.4 Å². The third-order valence-corrected chi connectivity index (χ3v) is 11.9. The zero-order valence-electron chi connectivity index (χ0n) is 23.5. The van der Waals surface area contributed by atoms with Gasteiger partial charge in [-0.05, 0) is 39.6 Å². The van der Waals surface area contributed by atoms with E-state index in [-0.39, 0.29) is 28.4 Å². The van der Waals surface area contributed by atoms with Gasteiger partial charge in [0.05, 0.1) is 24.7 Å². The van der Waals surface area contributed by atoms with Crippen LogP contribution in [0, 0.1) is 0 Å². The molecule has 1 saturated heterocycles. The number of ether oxygens (including phenoxy) is 4. The molecular weight excluding hydrogens is 592 g/mol. The minimum absolute atomic E-state index is 0.0110. The maximum atomic E-state index is 12.9. The summed E-state index contributed by atoms with van der Waals surface area (Å²) in [6, 6.07) is 8.71. The van der Waals surface area contributed by atoms with Gasteiger partial charge in [-0.15, -0.1) is 0 Å². The van der Waals surface area contributed by atoms with E-state index in [9.17, 15) is 19.2 Å². The van der Waals surface area contributed by atoms with E-state index >= 15 is 0 Å². The Morgan fingerprint density at radius 3 is 2.23 bits per heavy atom. The van der Waals surface area contributed by atoms with Crippen LogP contribution in [0.5, 0.6) is 0 Å². The molecule has 0 aromatic heterocycles. The summed E-state index contributed by atoms with van der Waals surface area (Å²) in [6.45, 7) is 11.7. The van der Waals surface area contributed by atoms with Crippen LogP contribution in [0.3, 0.4) is 0 Å². The molecule has 13 heteroatoms. The van der Waals surface area contributed by atoms with Gasteiger partial charge in [-0.3, -0.25) is 15.0 Å². The largest absolute Gasteiger partial charge is 0.464 e. The summed E-state index contributed by atoms with van der Waals surface area (Å²) in [6.07, 6.45) is -3.63. The van der Waals surface area contributed by atoms with E-state index in [4.69, 9.17) is 18.6 Å². The molecule has 11 nitrogen and oxygen atoms in total. The van der Waals surface area contributed by atoms with Gasteiger partial charge in [0.2, 0.25) is 0 Å². The van der Waals surface area contributed by atoms with E-state index in [0.29, 0.717) is 0 Å². The lowest BCUT2D eigenvalue weighted by atomic mass is 10.1. The summed E-state index contributed by atoms with van der Waals surface area (Å²) < 4.78 is 27.3. The lowest BCUT2D eigenvalue weighted by Crippen LogP contribution is -2.51. The van der Waals surface area contributed by atoms with E-state index in [1.807, 2.05) is 64.2 Å². The number of methoxy groups -OCH3 is 2. The molecule has 2 rings (SSSR count). The Bertz CT molecular complexity index is 1090. The van der Waals surface area contributed by atoms with E-state index in [1.165, 1.54) is 11.8 Å². The summed E-state index contributed by atoms with van der Waals surface area (Å²) >= 11 is 3.34. The number of halogens is 1. The Balaban J connectivity index is 2.48. The topological polar surface area (TPSA) is 129 Å². The number of carbonyl (C=O) groups excluding carboxylic acids is 4. The number of alkyl carbamates (subject to hydrolysis) is 1. The SMILES string of the molecule is COC(=O)N/C(C(=O)OC)=C(/Br)[C@@H](OC(C)=O)[C@H](O[Si](C)(C)C(C)(C)C)[C@@H]1CN1C(=O)OCc1ccccc1. The van der Waals surface area contributed by atoms with Gasteiger partial charge in [-0.2, -0.15) is 0 Å². The maximum Gasteiger partial charge on any atom is 0.411 e. The van der Waals surface area contributed by atoms with Gasteiger partial charge in [-0.25, -0.2) is 14.4 Å². The minimum atomic E-state index is -2.54. The van der Waals surface area contributed by atoms with Gasteiger partial charge >= 0.3 is 24.1 Å². The molecule has 0 radical (unpaired) electrons. The van der Waals surface area contributed by atoms with Crippen molar-refractivity contribution >= 4 is 48.4 Å². The lowest BCUT2D eigenvalue weighted by molar-refractivity contribution is -0.149. The van der Waals surface area contributed by atoms with Crippen LogP contribution in [0.15, 0.2) is 40.5 Å². The number of nitrogens with zero attached hydrogens (tertiary/aromatic N) is 1. The van der Waals surface area contributed by atoms with Crippen molar-refractivity contribution < 1.29 is 42.6 Å². The molecule has 1 N–H and O–H groups in total. The van der Waals surface area contributed by atoms with E-state index in [2.05, 4.69) is 26.0 Å². The minimum Gasteiger partial charge on any atom is -0.464 e. The van der Waals surface area contributed by atoms with Crippen LogP contribution in [0.2, 0.25) is 18.1 Å². The first-order valence-electron chi connectivity index (χ1n) is 12.3.